The van der Waals surface area contributed by atoms with Crippen LogP contribution in [-0.4, -0.2) is 62.1 Å². The number of benzene rings is 1. The highest BCUT2D eigenvalue weighted by atomic mass is 16.5. The monoisotopic (exact) mass is 294 g/mol. The van der Waals surface area contributed by atoms with Crippen LogP contribution in [0.1, 0.15) is 6.92 Å². The third kappa shape index (κ3) is 4.01. The van der Waals surface area contributed by atoms with Gasteiger partial charge in [-0.15, -0.1) is 0 Å². The molecule has 1 aliphatic heterocycles. The third-order valence-electron chi connectivity index (χ3n) is 3.63. The highest BCUT2D eigenvalue weighted by molar-refractivity contribution is 5.66. The molecule has 1 aliphatic rings. The van der Waals surface area contributed by atoms with Crippen LogP contribution in [0.5, 0.6) is 5.75 Å². The lowest BCUT2D eigenvalue weighted by Gasteiger charge is -2.39. The Hall–Kier alpha value is -1.95. The third-order valence-corrected chi connectivity index (χ3v) is 3.63. The van der Waals surface area contributed by atoms with Crippen molar-refractivity contribution in [3.8, 4) is 5.75 Å². The molecule has 1 atom stereocenters. The molecule has 2 rings (SSSR count). The zero-order valence-corrected chi connectivity index (χ0v) is 12.5. The molecule has 0 unspecified atom stereocenters. The van der Waals surface area contributed by atoms with Crippen molar-refractivity contribution in [1.29, 1.82) is 0 Å². The molecule has 6 heteroatoms. The van der Waals surface area contributed by atoms with Crippen molar-refractivity contribution in [2.75, 3.05) is 44.9 Å². The van der Waals surface area contributed by atoms with E-state index in [1.165, 1.54) is 4.90 Å². The maximum atomic E-state index is 11.1. The van der Waals surface area contributed by atoms with Crippen molar-refractivity contribution in [1.82, 2.24) is 4.90 Å². The summed E-state index contributed by atoms with van der Waals surface area (Å²) in [4.78, 5) is 14.7. The van der Waals surface area contributed by atoms with Crippen LogP contribution in [-0.2, 0) is 4.74 Å². The van der Waals surface area contributed by atoms with Gasteiger partial charge in [0, 0.05) is 38.5 Å². The summed E-state index contributed by atoms with van der Waals surface area (Å²) in [6.07, 6.45) is -0.843. The first-order valence-corrected chi connectivity index (χ1v) is 7.08. The van der Waals surface area contributed by atoms with Gasteiger partial charge in [-0.3, -0.25) is 0 Å². The molecule has 1 aromatic carbocycles. The fourth-order valence-corrected chi connectivity index (χ4v) is 2.47. The number of anilines is 1. The minimum absolute atomic E-state index is 0.00567. The van der Waals surface area contributed by atoms with E-state index in [2.05, 4.69) is 4.90 Å². The molecule has 1 amide bonds. The molecule has 1 aromatic rings. The second kappa shape index (κ2) is 7.17. The number of carbonyl (C=O) groups is 1. The standard InChI is InChI=1S/C15H22N2O4/c1-12-11-16(7-8-17(12)15(18)19)13-3-5-14(6-4-13)21-10-9-20-2/h3-6,12H,7-11H2,1-2H3,(H,18,19)/t12-/m1/s1. The summed E-state index contributed by atoms with van der Waals surface area (Å²) >= 11 is 0. The normalized spacial score (nSPS) is 18.7. The Morgan fingerprint density at radius 1 is 1.29 bits per heavy atom. The number of hydrogen-bond donors (Lipinski definition) is 1. The predicted octanol–water partition coefficient (Wildman–Crippen LogP) is 1.90. The molecule has 1 N–H and O–H groups in total. The van der Waals surface area contributed by atoms with Crippen molar-refractivity contribution in [2.24, 2.45) is 0 Å². The molecule has 0 radical (unpaired) electrons. The fraction of sp³-hybridized carbons (Fsp3) is 0.533. The van der Waals surface area contributed by atoms with Gasteiger partial charge in [0.2, 0.25) is 0 Å². The van der Waals surface area contributed by atoms with Crippen LogP contribution in [0.3, 0.4) is 0 Å². The van der Waals surface area contributed by atoms with Gasteiger partial charge in [-0.25, -0.2) is 4.79 Å². The molecule has 1 heterocycles. The number of hydrogen-bond acceptors (Lipinski definition) is 4. The first-order chi connectivity index (χ1) is 10.1. The fourth-order valence-electron chi connectivity index (χ4n) is 2.47. The number of nitrogens with zero attached hydrogens (tertiary/aromatic N) is 2. The first kappa shape index (κ1) is 15.4. The Labute approximate surface area is 124 Å². The maximum Gasteiger partial charge on any atom is 0.407 e. The summed E-state index contributed by atoms with van der Waals surface area (Å²) < 4.78 is 10.5. The molecule has 1 fully saturated rings. The lowest BCUT2D eigenvalue weighted by atomic mass is 10.1. The molecule has 1 saturated heterocycles. The van der Waals surface area contributed by atoms with E-state index >= 15 is 0 Å². The van der Waals surface area contributed by atoms with Gasteiger partial charge >= 0.3 is 6.09 Å². The van der Waals surface area contributed by atoms with Crippen molar-refractivity contribution < 1.29 is 19.4 Å². The van der Waals surface area contributed by atoms with Gasteiger partial charge in [0.1, 0.15) is 12.4 Å². The maximum absolute atomic E-state index is 11.1. The molecule has 0 bridgehead atoms. The van der Waals surface area contributed by atoms with Crippen LogP contribution in [0.2, 0.25) is 0 Å². The number of methoxy groups -OCH3 is 1. The second-order valence-corrected chi connectivity index (χ2v) is 5.11. The molecule has 0 spiro atoms. The first-order valence-electron chi connectivity index (χ1n) is 7.08. The van der Waals surface area contributed by atoms with Gasteiger partial charge in [0.25, 0.3) is 0 Å². The highest BCUT2D eigenvalue weighted by Gasteiger charge is 2.27. The van der Waals surface area contributed by atoms with Gasteiger partial charge in [-0.2, -0.15) is 0 Å². The predicted molar refractivity (Wildman–Crippen MR) is 80.2 cm³/mol. The molecular weight excluding hydrogens is 272 g/mol. The van der Waals surface area contributed by atoms with E-state index in [0.717, 1.165) is 11.4 Å². The zero-order chi connectivity index (χ0) is 15.2. The lowest BCUT2D eigenvalue weighted by Crippen LogP contribution is -2.53. The summed E-state index contributed by atoms with van der Waals surface area (Å²) in [5.41, 5.74) is 1.09. The Bertz CT molecular complexity index is 463. The second-order valence-electron chi connectivity index (χ2n) is 5.11. The Morgan fingerprint density at radius 3 is 2.57 bits per heavy atom. The average molecular weight is 294 g/mol. The van der Waals surface area contributed by atoms with E-state index in [9.17, 15) is 4.79 Å². The quantitative estimate of drug-likeness (QED) is 0.840. The van der Waals surface area contributed by atoms with Crippen LogP contribution in [0.25, 0.3) is 0 Å². The van der Waals surface area contributed by atoms with E-state index in [-0.39, 0.29) is 6.04 Å². The van der Waals surface area contributed by atoms with E-state index < -0.39 is 6.09 Å². The highest BCUT2D eigenvalue weighted by Crippen LogP contribution is 2.22. The number of rotatable bonds is 5. The van der Waals surface area contributed by atoms with Crippen molar-refractivity contribution in [3.63, 3.8) is 0 Å². The molecule has 21 heavy (non-hydrogen) atoms. The van der Waals surface area contributed by atoms with Crippen molar-refractivity contribution >= 4 is 11.8 Å². The molecule has 0 aromatic heterocycles. The van der Waals surface area contributed by atoms with Gasteiger partial charge in [0.15, 0.2) is 0 Å². The van der Waals surface area contributed by atoms with Crippen molar-refractivity contribution in [3.05, 3.63) is 24.3 Å². The number of piperazine rings is 1. The smallest absolute Gasteiger partial charge is 0.407 e. The minimum Gasteiger partial charge on any atom is -0.491 e. The van der Waals surface area contributed by atoms with Gasteiger partial charge in [-0.1, -0.05) is 0 Å². The summed E-state index contributed by atoms with van der Waals surface area (Å²) in [7, 11) is 1.64. The molecule has 6 nitrogen and oxygen atoms in total. The average Bonchev–Trinajstić information content (AvgIpc) is 2.48. The number of amides is 1. The summed E-state index contributed by atoms with van der Waals surface area (Å²) in [5.74, 6) is 0.813. The van der Waals surface area contributed by atoms with Crippen LogP contribution < -0.4 is 9.64 Å². The number of ether oxygens (including phenoxy) is 2. The Morgan fingerprint density at radius 2 is 2.00 bits per heavy atom. The molecule has 0 aliphatic carbocycles. The summed E-state index contributed by atoms with van der Waals surface area (Å²) in [5, 5.41) is 9.09. The Kier molecular flexibility index (Phi) is 5.27. The lowest BCUT2D eigenvalue weighted by molar-refractivity contribution is 0.122. The summed E-state index contributed by atoms with van der Waals surface area (Å²) in [6, 6.07) is 7.86. The topological polar surface area (TPSA) is 62.2 Å². The van der Waals surface area contributed by atoms with E-state index in [0.29, 0.717) is 32.8 Å². The summed E-state index contributed by atoms with van der Waals surface area (Å²) in [6.45, 7) is 4.97. The van der Waals surface area contributed by atoms with E-state index in [4.69, 9.17) is 14.6 Å². The van der Waals surface area contributed by atoms with Crippen LogP contribution in [0.4, 0.5) is 10.5 Å². The van der Waals surface area contributed by atoms with E-state index in [1.807, 2.05) is 31.2 Å². The molecular formula is C15H22N2O4. The van der Waals surface area contributed by atoms with Gasteiger partial charge in [-0.05, 0) is 31.2 Å². The zero-order valence-electron chi connectivity index (χ0n) is 12.5. The SMILES string of the molecule is COCCOc1ccc(N2CCN(C(=O)O)[C@H](C)C2)cc1. The van der Waals surface area contributed by atoms with Gasteiger partial charge in [0.05, 0.1) is 6.61 Å². The molecule has 0 saturated carbocycles. The number of carboxylic acid groups (broad SMARTS) is 1. The van der Waals surface area contributed by atoms with Crippen LogP contribution in [0.15, 0.2) is 24.3 Å². The van der Waals surface area contributed by atoms with Crippen LogP contribution in [0, 0.1) is 0 Å². The minimum atomic E-state index is -0.843. The van der Waals surface area contributed by atoms with Crippen LogP contribution >= 0.6 is 0 Å². The molecule has 116 valence electrons. The Balaban J connectivity index is 1.92. The van der Waals surface area contributed by atoms with Crippen molar-refractivity contribution in [2.45, 2.75) is 13.0 Å². The van der Waals surface area contributed by atoms with Gasteiger partial charge < -0.3 is 24.4 Å². The largest absolute Gasteiger partial charge is 0.491 e. The van der Waals surface area contributed by atoms with E-state index in [1.54, 1.807) is 7.11 Å².